The topological polar surface area (TPSA) is 40.6 Å². The minimum atomic E-state index is -0.0283. The van der Waals surface area contributed by atoms with Gasteiger partial charge in [-0.25, -0.2) is 0 Å². The molecule has 1 aromatic rings. The highest BCUT2D eigenvalue weighted by Gasteiger charge is 2.31. The van der Waals surface area contributed by atoms with Gasteiger partial charge in [-0.1, -0.05) is 23.7 Å². The number of benzene rings is 1. The summed E-state index contributed by atoms with van der Waals surface area (Å²) in [6.07, 6.45) is 4.98. The van der Waals surface area contributed by atoms with Gasteiger partial charge in [0.15, 0.2) is 0 Å². The zero-order valence-electron chi connectivity index (χ0n) is 13.3. The molecule has 23 heavy (non-hydrogen) atoms. The molecule has 0 atom stereocenters. The van der Waals surface area contributed by atoms with E-state index in [1.807, 2.05) is 21.9 Å². The summed E-state index contributed by atoms with van der Waals surface area (Å²) in [6.45, 7) is 3.07. The molecule has 0 unspecified atom stereocenters. The van der Waals surface area contributed by atoms with Gasteiger partial charge in [-0.05, 0) is 44.2 Å². The van der Waals surface area contributed by atoms with E-state index in [9.17, 15) is 9.59 Å². The second-order valence-corrected chi connectivity index (χ2v) is 6.84. The molecule has 2 amide bonds. The molecule has 2 saturated heterocycles. The first kappa shape index (κ1) is 16.3. The van der Waals surface area contributed by atoms with Crippen molar-refractivity contribution in [3.8, 4) is 0 Å². The summed E-state index contributed by atoms with van der Waals surface area (Å²) in [5.74, 6) is 0.331. The predicted octanol–water partition coefficient (Wildman–Crippen LogP) is 3.20. The van der Waals surface area contributed by atoms with Gasteiger partial charge in [-0.3, -0.25) is 9.59 Å². The van der Waals surface area contributed by atoms with E-state index >= 15 is 0 Å². The Hall–Kier alpha value is -1.55. The molecule has 0 saturated carbocycles. The van der Waals surface area contributed by atoms with Crippen LogP contribution in [-0.4, -0.2) is 47.8 Å². The molecular weight excluding hydrogens is 312 g/mol. The lowest BCUT2D eigenvalue weighted by Crippen LogP contribution is -2.45. The van der Waals surface area contributed by atoms with E-state index in [1.165, 1.54) is 6.42 Å². The average molecular weight is 335 g/mol. The van der Waals surface area contributed by atoms with E-state index in [0.29, 0.717) is 23.7 Å². The van der Waals surface area contributed by atoms with Crippen molar-refractivity contribution in [3.63, 3.8) is 0 Å². The van der Waals surface area contributed by atoms with Crippen molar-refractivity contribution in [3.05, 3.63) is 34.9 Å². The van der Waals surface area contributed by atoms with Crippen molar-refractivity contribution < 1.29 is 9.59 Å². The Morgan fingerprint density at radius 1 is 0.913 bits per heavy atom. The standard InChI is InChI=1S/C18H23ClN2O2/c19-16-7-3-2-6-15(16)18(23)21-12-8-14(9-13-21)17(22)20-10-4-1-5-11-20/h2-3,6-7,14H,1,4-5,8-13H2. The molecule has 124 valence electrons. The number of hydrogen-bond donors (Lipinski definition) is 0. The van der Waals surface area contributed by atoms with Crippen molar-refractivity contribution in [2.75, 3.05) is 26.2 Å². The summed E-state index contributed by atoms with van der Waals surface area (Å²) >= 11 is 6.11. The number of rotatable bonds is 2. The molecule has 1 aromatic carbocycles. The van der Waals surface area contributed by atoms with Gasteiger partial charge in [0.1, 0.15) is 0 Å². The average Bonchev–Trinajstić information content (AvgIpc) is 2.62. The van der Waals surface area contributed by atoms with Crippen LogP contribution in [0.5, 0.6) is 0 Å². The zero-order valence-corrected chi connectivity index (χ0v) is 14.1. The summed E-state index contributed by atoms with van der Waals surface area (Å²) in [5, 5.41) is 0.490. The largest absolute Gasteiger partial charge is 0.342 e. The molecule has 0 aliphatic carbocycles. The number of piperidine rings is 2. The second kappa shape index (κ2) is 7.35. The third-order valence-corrected chi connectivity index (χ3v) is 5.23. The van der Waals surface area contributed by atoms with Crippen molar-refractivity contribution in [1.82, 2.24) is 9.80 Å². The number of hydrogen-bond acceptors (Lipinski definition) is 2. The molecule has 2 aliphatic rings. The van der Waals surface area contributed by atoms with Crippen LogP contribution in [0, 0.1) is 5.92 Å². The summed E-state index contributed by atoms with van der Waals surface area (Å²) in [4.78, 5) is 28.9. The molecule has 0 radical (unpaired) electrons. The Morgan fingerprint density at radius 2 is 1.57 bits per heavy atom. The molecule has 2 heterocycles. The van der Waals surface area contributed by atoms with E-state index in [-0.39, 0.29) is 17.7 Å². The lowest BCUT2D eigenvalue weighted by Gasteiger charge is -2.35. The fourth-order valence-electron chi connectivity index (χ4n) is 3.51. The van der Waals surface area contributed by atoms with Gasteiger partial charge in [-0.2, -0.15) is 0 Å². The Kier molecular flexibility index (Phi) is 5.21. The minimum absolute atomic E-state index is 0.0283. The van der Waals surface area contributed by atoms with Crippen LogP contribution in [0.25, 0.3) is 0 Å². The van der Waals surface area contributed by atoms with Crippen molar-refractivity contribution in [2.45, 2.75) is 32.1 Å². The smallest absolute Gasteiger partial charge is 0.255 e. The Morgan fingerprint density at radius 3 is 2.22 bits per heavy atom. The molecule has 4 nitrogen and oxygen atoms in total. The summed E-state index contributed by atoms with van der Waals surface area (Å²) < 4.78 is 0. The van der Waals surface area contributed by atoms with E-state index in [4.69, 9.17) is 11.6 Å². The fraction of sp³-hybridized carbons (Fsp3) is 0.556. The van der Waals surface area contributed by atoms with Gasteiger partial charge in [0.25, 0.3) is 5.91 Å². The van der Waals surface area contributed by atoms with E-state index in [2.05, 4.69) is 0 Å². The van der Waals surface area contributed by atoms with Crippen LogP contribution in [0.15, 0.2) is 24.3 Å². The van der Waals surface area contributed by atoms with E-state index < -0.39 is 0 Å². The van der Waals surface area contributed by atoms with Gasteiger partial charge in [0, 0.05) is 32.1 Å². The number of carbonyl (C=O) groups is 2. The van der Waals surface area contributed by atoms with Crippen molar-refractivity contribution in [2.24, 2.45) is 5.92 Å². The summed E-state index contributed by atoms with van der Waals surface area (Å²) in [7, 11) is 0. The highest BCUT2D eigenvalue weighted by Crippen LogP contribution is 2.24. The Labute approximate surface area is 142 Å². The zero-order chi connectivity index (χ0) is 16.2. The maximum absolute atomic E-state index is 12.6. The summed E-state index contributed by atoms with van der Waals surface area (Å²) in [5.41, 5.74) is 0.551. The van der Waals surface area contributed by atoms with Crippen molar-refractivity contribution in [1.29, 1.82) is 0 Å². The number of nitrogens with zero attached hydrogens (tertiary/aromatic N) is 2. The lowest BCUT2D eigenvalue weighted by molar-refractivity contribution is -0.137. The Balaban J connectivity index is 1.57. The van der Waals surface area contributed by atoms with Crippen LogP contribution in [0.1, 0.15) is 42.5 Å². The molecule has 0 N–H and O–H groups in total. The number of carbonyl (C=O) groups excluding carboxylic acids is 2. The fourth-order valence-corrected chi connectivity index (χ4v) is 3.72. The first-order chi connectivity index (χ1) is 11.2. The third-order valence-electron chi connectivity index (χ3n) is 4.90. The molecule has 0 bridgehead atoms. The van der Waals surface area contributed by atoms with Crippen LogP contribution in [0.2, 0.25) is 5.02 Å². The molecule has 5 heteroatoms. The van der Waals surface area contributed by atoms with Crippen molar-refractivity contribution >= 4 is 23.4 Å². The lowest BCUT2D eigenvalue weighted by atomic mass is 9.94. The van der Waals surface area contributed by atoms with Gasteiger partial charge >= 0.3 is 0 Å². The molecule has 3 rings (SSSR count). The molecule has 0 aromatic heterocycles. The minimum Gasteiger partial charge on any atom is -0.342 e. The van der Waals surface area contributed by atoms with Crippen LogP contribution >= 0.6 is 11.6 Å². The van der Waals surface area contributed by atoms with Gasteiger partial charge in [0.2, 0.25) is 5.91 Å². The normalized spacial score (nSPS) is 19.7. The monoisotopic (exact) mass is 334 g/mol. The van der Waals surface area contributed by atoms with Crippen LogP contribution in [0.3, 0.4) is 0 Å². The van der Waals surface area contributed by atoms with Gasteiger partial charge < -0.3 is 9.80 Å². The maximum Gasteiger partial charge on any atom is 0.255 e. The molecular formula is C18H23ClN2O2. The van der Waals surface area contributed by atoms with Crippen LogP contribution in [-0.2, 0) is 4.79 Å². The number of halogens is 1. The molecule has 0 spiro atoms. The number of amides is 2. The maximum atomic E-state index is 12.6. The first-order valence-electron chi connectivity index (χ1n) is 8.49. The van der Waals surface area contributed by atoms with Crippen LogP contribution in [0.4, 0.5) is 0 Å². The number of likely N-dealkylation sites (tertiary alicyclic amines) is 2. The molecule has 2 fully saturated rings. The molecule has 2 aliphatic heterocycles. The van der Waals surface area contributed by atoms with Gasteiger partial charge in [-0.15, -0.1) is 0 Å². The van der Waals surface area contributed by atoms with E-state index in [1.54, 1.807) is 12.1 Å². The van der Waals surface area contributed by atoms with Crippen LogP contribution < -0.4 is 0 Å². The predicted molar refractivity (Wildman–Crippen MR) is 90.5 cm³/mol. The van der Waals surface area contributed by atoms with Gasteiger partial charge in [0.05, 0.1) is 10.6 Å². The quantitative estimate of drug-likeness (QED) is 0.833. The second-order valence-electron chi connectivity index (χ2n) is 6.43. The highest BCUT2D eigenvalue weighted by molar-refractivity contribution is 6.33. The summed E-state index contributed by atoms with van der Waals surface area (Å²) in [6, 6.07) is 7.14. The SMILES string of the molecule is O=C(c1ccccc1Cl)N1CCC(C(=O)N2CCCCC2)CC1. The third kappa shape index (κ3) is 3.69. The van der Waals surface area contributed by atoms with E-state index in [0.717, 1.165) is 38.8 Å². The first-order valence-corrected chi connectivity index (χ1v) is 8.87. The highest BCUT2D eigenvalue weighted by atomic mass is 35.5. The Bertz CT molecular complexity index is 576.